The number of nitrogens with one attached hydrogen (secondary N) is 1. The normalized spacial score (nSPS) is 11.7. The third-order valence-electron chi connectivity index (χ3n) is 5.11. The zero-order valence-corrected chi connectivity index (χ0v) is 19.9. The van der Waals surface area contributed by atoms with Crippen molar-refractivity contribution in [2.75, 3.05) is 6.54 Å². The Labute approximate surface area is 202 Å². The predicted octanol–water partition coefficient (Wildman–Crippen LogP) is 3.68. The number of hydrogen-bond donors (Lipinski definition) is 2. The molecule has 0 aliphatic heterocycles. The van der Waals surface area contributed by atoms with E-state index in [-0.39, 0.29) is 10.8 Å². The molecule has 9 heteroatoms. The lowest BCUT2D eigenvalue weighted by molar-refractivity contribution is -0.116. The van der Waals surface area contributed by atoms with Gasteiger partial charge in [-0.15, -0.1) is 11.3 Å². The molecule has 0 saturated heterocycles. The van der Waals surface area contributed by atoms with Crippen molar-refractivity contribution in [3.05, 3.63) is 101 Å². The van der Waals surface area contributed by atoms with E-state index < -0.39 is 10.0 Å². The van der Waals surface area contributed by atoms with Crippen LogP contribution in [0.2, 0.25) is 0 Å². The average molecular weight is 493 g/mol. The molecule has 0 aliphatic rings. The molecule has 7 nitrogen and oxygen atoms in total. The maximum Gasteiger partial charge on any atom is 0.244 e. The van der Waals surface area contributed by atoms with Gasteiger partial charge in [-0.25, -0.2) is 13.6 Å². The molecule has 0 saturated carbocycles. The summed E-state index contributed by atoms with van der Waals surface area (Å²) in [5, 5.41) is 14.7. The first-order valence-corrected chi connectivity index (χ1v) is 13.0. The fourth-order valence-corrected chi connectivity index (χ4v) is 4.66. The average Bonchev–Trinajstić information content (AvgIpc) is 3.48. The first kappa shape index (κ1) is 23.6. The van der Waals surface area contributed by atoms with Crippen LogP contribution in [0.4, 0.5) is 0 Å². The van der Waals surface area contributed by atoms with Crippen LogP contribution in [-0.2, 0) is 27.8 Å². The van der Waals surface area contributed by atoms with E-state index in [0.29, 0.717) is 19.5 Å². The summed E-state index contributed by atoms with van der Waals surface area (Å²) in [6.45, 7) is 1.06. The summed E-state index contributed by atoms with van der Waals surface area (Å²) >= 11 is 1.60. The molecule has 3 N–H and O–H groups in total. The zero-order valence-electron chi connectivity index (χ0n) is 18.3. The van der Waals surface area contributed by atoms with Gasteiger partial charge in [0.15, 0.2) is 0 Å². The van der Waals surface area contributed by atoms with Crippen LogP contribution in [0, 0.1) is 0 Å². The number of rotatable bonds is 9. The highest BCUT2D eigenvalue weighted by molar-refractivity contribution is 7.89. The summed E-state index contributed by atoms with van der Waals surface area (Å²) < 4.78 is 24.6. The summed E-state index contributed by atoms with van der Waals surface area (Å²) in [5.74, 6) is -0.214. The minimum absolute atomic E-state index is 0.0672. The predicted molar refractivity (Wildman–Crippen MR) is 135 cm³/mol. The number of amides is 1. The Morgan fingerprint density at radius 3 is 2.47 bits per heavy atom. The van der Waals surface area contributed by atoms with Gasteiger partial charge >= 0.3 is 0 Å². The van der Waals surface area contributed by atoms with E-state index in [2.05, 4.69) is 17.4 Å². The number of nitrogens with zero attached hydrogens (tertiary/aromatic N) is 2. The minimum atomic E-state index is -3.71. The van der Waals surface area contributed by atoms with Gasteiger partial charge in [-0.1, -0.05) is 48.5 Å². The molecule has 2 heterocycles. The molecular weight excluding hydrogens is 468 g/mol. The number of aromatic nitrogens is 2. The maximum absolute atomic E-state index is 12.4. The van der Waals surface area contributed by atoms with E-state index in [1.807, 2.05) is 46.6 Å². The Hall–Kier alpha value is -3.53. The highest BCUT2D eigenvalue weighted by Gasteiger charge is 2.11. The quantitative estimate of drug-likeness (QED) is 0.348. The van der Waals surface area contributed by atoms with Crippen LogP contribution in [0.3, 0.4) is 0 Å². The molecular formula is C25H24N4O3S2. The van der Waals surface area contributed by atoms with Crippen LogP contribution in [0.25, 0.3) is 16.6 Å². The van der Waals surface area contributed by atoms with Crippen molar-refractivity contribution in [3.63, 3.8) is 0 Å². The first-order valence-electron chi connectivity index (χ1n) is 10.6. The molecule has 0 spiro atoms. The highest BCUT2D eigenvalue weighted by Crippen LogP contribution is 2.27. The van der Waals surface area contributed by atoms with Crippen molar-refractivity contribution < 1.29 is 13.2 Å². The van der Waals surface area contributed by atoms with Crippen molar-refractivity contribution in [1.29, 1.82) is 0 Å². The highest BCUT2D eigenvalue weighted by atomic mass is 32.2. The second-order valence-electron chi connectivity index (χ2n) is 7.66. The molecule has 2 aromatic carbocycles. The maximum atomic E-state index is 12.4. The number of sulfonamides is 1. The monoisotopic (exact) mass is 492 g/mol. The largest absolute Gasteiger partial charge is 0.352 e. The van der Waals surface area contributed by atoms with Crippen LogP contribution >= 0.6 is 11.3 Å². The van der Waals surface area contributed by atoms with Gasteiger partial charge in [-0.05, 0) is 47.2 Å². The Morgan fingerprint density at radius 2 is 1.79 bits per heavy atom. The SMILES string of the molecule is NS(=O)(=O)c1ccc(CCNC(=O)/C=C/c2cn(Cc3ccccc3)nc2-c2cccs2)cc1. The Kier molecular flexibility index (Phi) is 7.36. The molecule has 4 rings (SSSR count). The van der Waals surface area contributed by atoms with Gasteiger partial charge in [0, 0.05) is 24.4 Å². The third kappa shape index (κ3) is 6.28. The third-order valence-corrected chi connectivity index (χ3v) is 6.92. The van der Waals surface area contributed by atoms with Crippen LogP contribution in [-0.4, -0.2) is 30.7 Å². The van der Waals surface area contributed by atoms with Crippen molar-refractivity contribution in [1.82, 2.24) is 15.1 Å². The van der Waals surface area contributed by atoms with Crippen LogP contribution < -0.4 is 10.5 Å². The minimum Gasteiger partial charge on any atom is -0.352 e. The number of primary sulfonamides is 1. The Bertz CT molecular complexity index is 1380. The lowest BCUT2D eigenvalue weighted by Crippen LogP contribution is -2.23. The smallest absolute Gasteiger partial charge is 0.244 e. The van der Waals surface area contributed by atoms with Crippen molar-refractivity contribution >= 4 is 33.3 Å². The van der Waals surface area contributed by atoms with Gasteiger partial charge in [-0.2, -0.15) is 5.10 Å². The van der Waals surface area contributed by atoms with Crippen LogP contribution in [0.5, 0.6) is 0 Å². The van der Waals surface area contributed by atoms with Gasteiger partial charge in [0.2, 0.25) is 15.9 Å². The molecule has 4 aromatic rings. The summed E-state index contributed by atoms with van der Waals surface area (Å²) in [7, 11) is -3.71. The summed E-state index contributed by atoms with van der Waals surface area (Å²) in [6, 6.07) is 20.4. The number of thiophene rings is 1. The molecule has 174 valence electrons. The molecule has 0 aliphatic carbocycles. The molecule has 0 bridgehead atoms. The zero-order chi connectivity index (χ0) is 24.0. The van der Waals surface area contributed by atoms with Crippen molar-refractivity contribution in [2.24, 2.45) is 5.14 Å². The van der Waals surface area contributed by atoms with E-state index in [9.17, 15) is 13.2 Å². The second-order valence-corrected chi connectivity index (χ2v) is 10.2. The topological polar surface area (TPSA) is 107 Å². The van der Waals surface area contributed by atoms with Crippen molar-refractivity contribution in [2.45, 2.75) is 17.9 Å². The summed E-state index contributed by atoms with van der Waals surface area (Å²) in [6.07, 6.45) is 5.80. The van der Waals surface area contributed by atoms with E-state index in [1.165, 1.54) is 18.2 Å². The molecule has 0 atom stereocenters. The fraction of sp³-hybridized carbons (Fsp3) is 0.120. The number of benzene rings is 2. The molecule has 34 heavy (non-hydrogen) atoms. The number of carbonyl (C=O) groups excluding carboxylic acids is 1. The second kappa shape index (κ2) is 10.6. The number of hydrogen-bond acceptors (Lipinski definition) is 5. The molecule has 0 radical (unpaired) electrons. The van der Waals surface area contributed by atoms with Crippen LogP contribution in [0.15, 0.2) is 89.3 Å². The summed E-state index contributed by atoms with van der Waals surface area (Å²) in [4.78, 5) is 13.5. The lowest BCUT2D eigenvalue weighted by atomic mass is 10.1. The van der Waals surface area contributed by atoms with E-state index in [4.69, 9.17) is 10.2 Å². The van der Waals surface area contributed by atoms with E-state index >= 15 is 0 Å². The van der Waals surface area contributed by atoms with Gasteiger partial charge in [0.1, 0.15) is 5.69 Å². The Morgan fingerprint density at radius 1 is 1.03 bits per heavy atom. The van der Waals surface area contributed by atoms with Crippen LogP contribution in [0.1, 0.15) is 16.7 Å². The van der Waals surface area contributed by atoms with Gasteiger partial charge in [-0.3, -0.25) is 9.48 Å². The number of nitrogens with two attached hydrogens (primary N) is 1. The molecule has 1 amide bonds. The summed E-state index contributed by atoms with van der Waals surface area (Å²) in [5.41, 5.74) is 3.75. The standard InChI is InChI=1S/C25H24N4O3S2/c26-34(31,32)22-11-8-19(9-12-22)14-15-27-24(30)13-10-21-18-29(17-20-5-2-1-3-6-20)28-25(21)23-7-4-16-33-23/h1-13,16,18H,14-15,17H2,(H,27,30)(H2,26,31,32)/b13-10+. The molecule has 2 aromatic heterocycles. The van der Waals surface area contributed by atoms with E-state index in [1.54, 1.807) is 29.5 Å². The van der Waals surface area contributed by atoms with Gasteiger partial charge < -0.3 is 5.32 Å². The van der Waals surface area contributed by atoms with Gasteiger partial charge in [0.25, 0.3) is 0 Å². The Balaban J connectivity index is 1.39. The van der Waals surface area contributed by atoms with E-state index in [0.717, 1.165) is 27.3 Å². The van der Waals surface area contributed by atoms with Gasteiger partial charge in [0.05, 0.1) is 16.3 Å². The fourth-order valence-electron chi connectivity index (χ4n) is 3.42. The van der Waals surface area contributed by atoms with Crippen molar-refractivity contribution in [3.8, 4) is 10.6 Å². The molecule has 0 unspecified atom stereocenters. The number of carbonyl (C=O) groups is 1. The lowest BCUT2D eigenvalue weighted by Gasteiger charge is -2.04. The first-order chi connectivity index (χ1) is 16.4. The molecule has 0 fully saturated rings.